The second-order valence-corrected chi connectivity index (χ2v) is 7.42. The van der Waals surface area contributed by atoms with Crippen LogP contribution in [0.5, 0.6) is 0 Å². The molecule has 136 valence electrons. The molecule has 2 aromatic carbocycles. The molecule has 1 heterocycles. The van der Waals surface area contributed by atoms with Gasteiger partial charge in [-0.05, 0) is 47.7 Å². The summed E-state index contributed by atoms with van der Waals surface area (Å²) in [4.78, 5) is 27.4. The fourth-order valence-corrected chi connectivity index (χ4v) is 3.35. The Labute approximate surface area is 159 Å². The molecular weight excluding hydrogens is 348 g/mol. The largest absolute Gasteiger partial charge is 0.340 e. The van der Waals surface area contributed by atoms with E-state index in [0.717, 1.165) is 6.42 Å². The van der Waals surface area contributed by atoms with E-state index in [-0.39, 0.29) is 17.7 Å². The van der Waals surface area contributed by atoms with Crippen molar-refractivity contribution in [3.8, 4) is 0 Å². The zero-order valence-electron chi connectivity index (χ0n) is 15.0. The minimum Gasteiger partial charge on any atom is -0.340 e. The number of amides is 2. The zero-order chi connectivity index (χ0) is 18.7. The lowest BCUT2D eigenvalue weighted by atomic mass is 9.97. The van der Waals surface area contributed by atoms with Crippen LogP contribution in [0.2, 0.25) is 5.02 Å². The molecule has 0 aliphatic carbocycles. The fraction of sp³-hybridized carbons (Fsp3) is 0.333. The maximum atomic E-state index is 13.1. The normalized spacial score (nSPS) is 14.7. The van der Waals surface area contributed by atoms with Gasteiger partial charge in [-0.15, -0.1) is 0 Å². The number of hydrogen-bond acceptors (Lipinski definition) is 2. The van der Waals surface area contributed by atoms with Crippen LogP contribution in [0.3, 0.4) is 0 Å². The van der Waals surface area contributed by atoms with Crippen molar-refractivity contribution in [1.29, 1.82) is 0 Å². The van der Waals surface area contributed by atoms with Crippen LogP contribution in [0, 0.1) is 5.92 Å². The van der Waals surface area contributed by atoms with Crippen molar-refractivity contribution in [3.05, 3.63) is 70.2 Å². The highest BCUT2D eigenvalue weighted by Gasteiger charge is 2.30. The second-order valence-electron chi connectivity index (χ2n) is 6.98. The fourth-order valence-electron chi connectivity index (χ4n) is 3.22. The van der Waals surface area contributed by atoms with E-state index in [1.165, 1.54) is 11.1 Å². The van der Waals surface area contributed by atoms with Gasteiger partial charge in [0.2, 0.25) is 5.91 Å². The van der Waals surface area contributed by atoms with Crippen LogP contribution >= 0.6 is 11.6 Å². The van der Waals surface area contributed by atoms with Crippen molar-refractivity contribution in [2.75, 3.05) is 6.54 Å². The number of carbonyl (C=O) groups excluding carboxylic acids is 2. The van der Waals surface area contributed by atoms with E-state index in [9.17, 15) is 9.59 Å². The number of nitrogens with one attached hydrogen (secondary N) is 1. The van der Waals surface area contributed by atoms with Gasteiger partial charge in [0.1, 0.15) is 6.04 Å². The first-order valence-electron chi connectivity index (χ1n) is 8.87. The van der Waals surface area contributed by atoms with Gasteiger partial charge >= 0.3 is 0 Å². The number of benzene rings is 2. The van der Waals surface area contributed by atoms with Gasteiger partial charge in [-0.25, -0.2) is 0 Å². The molecule has 1 aliphatic rings. The second kappa shape index (κ2) is 7.92. The number of nitrogens with zero attached hydrogens (tertiary/aromatic N) is 1. The first-order chi connectivity index (χ1) is 12.5. The van der Waals surface area contributed by atoms with Crippen LogP contribution in [0.25, 0.3) is 0 Å². The molecule has 2 amide bonds. The smallest absolute Gasteiger partial charge is 0.251 e. The Balaban J connectivity index is 1.72. The van der Waals surface area contributed by atoms with Crippen LogP contribution < -0.4 is 5.32 Å². The van der Waals surface area contributed by atoms with Gasteiger partial charge in [-0.3, -0.25) is 9.59 Å². The molecule has 0 radical (unpaired) electrons. The number of hydrogen-bond donors (Lipinski definition) is 1. The van der Waals surface area contributed by atoms with Gasteiger partial charge in [0.25, 0.3) is 5.91 Å². The van der Waals surface area contributed by atoms with Crippen LogP contribution in [0.15, 0.2) is 48.5 Å². The number of carbonyl (C=O) groups is 2. The van der Waals surface area contributed by atoms with Gasteiger partial charge in [0.15, 0.2) is 0 Å². The number of halogens is 1. The molecule has 0 spiro atoms. The Morgan fingerprint density at radius 3 is 2.35 bits per heavy atom. The Hall–Kier alpha value is -2.33. The third-order valence-electron chi connectivity index (χ3n) is 4.77. The molecule has 0 aromatic heterocycles. The molecule has 1 atom stereocenters. The quantitative estimate of drug-likeness (QED) is 0.892. The minimum atomic E-state index is -0.552. The lowest BCUT2D eigenvalue weighted by Crippen LogP contribution is -2.52. The van der Waals surface area contributed by atoms with E-state index >= 15 is 0 Å². The topological polar surface area (TPSA) is 49.4 Å². The molecule has 1 aliphatic heterocycles. The van der Waals surface area contributed by atoms with Crippen LogP contribution in [0.4, 0.5) is 0 Å². The first kappa shape index (κ1) is 18.5. The van der Waals surface area contributed by atoms with Gasteiger partial charge in [0.05, 0.1) is 0 Å². The summed E-state index contributed by atoms with van der Waals surface area (Å²) in [7, 11) is 0. The summed E-state index contributed by atoms with van der Waals surface area (Å²) < 4.78 is 0. The van der Waals surface area contributed by atoms with Gasteiger partial charge in [-0.2, -0.15) is 0 Å². The van der Waals surface area contributed by atoms with Crippen LogP contribution in [0.1, 0.15) is 35.3 Å². The average Bonchev–Trinajstić information content (AvgIpc) is 2.65. The lowest BCUT2D eigenvalue weighted by molar-refractivity contribution is -0.135. The standard InChI is InChI=1S/C21H23ClN2O2/c1-14(2)19(23-20(25)16-7-9-18(22)10-8-16)21(26)24-12-11-15-5-3-4-6-17(15)13-24/h3-10,14,19H,11-13H2,1-2H3,(H,23,25)/t19-/m0/s1. The summed E-state index contributed by atoms with van der Waals surface area (Å²) in [6.07, 6.45) is 0.845. The van der Waals surface area contributed by atoms with E-state index in [2.05, 4.69) is 17.4 Å². The highest BCUT2D eigenvalue weighted by atomic mass is 35.5. The third kappa shape index (κ3) is 4.07. The predicted octanol–water partition coefficient (Wildman–Crippen LogP) is 3.68. The Bertz CT molecular complexity index is 802. The highest BCUT2D eigenvalue weighted by molar-refractivity contribution is 6.30. The maximum Gasteiger partial charge on any atom is 0.251 e. The zero-order valence-corrected chi connectivity index (χ0v) is 15.8. The van der Waals surface area contributed by atoms with Crippen molar-refractivity contribution in [2.45, 2.75) is 32.9 Å². The molecule has 0 saturated heterocycles. The summed E-state index contributed by atoms with van der Waals surface area (Å²) >= 11 is 5.87. The van der Waals surface area contributed by atoms with Crippen molar-refractivity contribution in [1.82, 2.24) is 10.2 Å². The van der Waals surface area contributed by atoms with Crippen molar-refractivity contribution >= 4 is 23.4 Å². The molecule has 26 heavy (non-hydrogen) atoms. The molecule has 5 heteroatoms. The molecule has 3 rings (SSSR count). The van der Waals surface area contributed by atoms with E-state index in [1.807, 2.05) is 30.9 Å². The average molecular weight is 371 g/mol. The molecule has 0 fully saturated rings. The summed E-state index contributed by atoms with van der Waals surface area (Å²) in [6.45, 7) is 5.16. The van der Waals surface area contributed by atoms with Crippen molar-refractivity contribution in [2.24, 2.45) is 5.92 Å². The summed E-state index contributed by atoms with van der Waals surface area (Å²) in [5.74, 6) is -0.293. The van der Waals surface area contributed by atoms with E-state index in [4.69, 9.17) is 11.6 Å². The van der Waals surface area contributed by atoms with Crippen LogP contribution in [-0.4, -0.2) is 29.3 Å². The number of rotatable bonds is 4. The Morgan fingerprint density at radius 1 is 1.04 bits per heavy atom. The van der Waals surface area contributed by atoms with Gasteiger partial charge in [0, 0.05) is 23.7 Å². The number of fused-ring (bicyclic) bond motifs is 1. The molecule has 0 unspecified atom stereocenters. The molecular formula is C21H23ClN2O2. The predicted molar refractivity (Wildman–Crippen MR) is 103 cm³/mol. The van der Waals surface area contributed by atoms with Gasteiger partial charge < -0.3 is 10.2 Å². The molecule has 0 bridgehead atoms. The molecule has 2 aromatic rings. The van der Waals surface area contributed by atoms with E-state index in [1.54, 1.807) is 24.3 Å². The molecule has 4 nitrogen and oxygen atoms in total. The minimum absolute atomic E-state index is 0.00378. The Kier molecular flexibility index (Phi) is 5.62. The lowest BCUT2D eigenvalue weighted by Gasteiger charge is -2.33. The summed E-state index contributed by atoms with van der Waals surface area (Å²) in [6, 6.07) is 14.3. The molecule has 0 saturated carbocycles. The molecule has 1 N–H and O–H groups in total. The van der Waals surface area contributed by atoms with Crippen molar-refractivity contribution in [3.63, 3.8) is 0 Å². The first-order valence-corrected chi connectivity index (χ1v) is 9.25. The summed E-state index contributed by atoms with van der Waals surface area (Å²) in [5.41, 5.74) is 2.97. The SMILES string of the molecule is CC(C)[C@H](NC(=O)c1ccc(Cl)cc1)C(=O)N1CCc2ccccc2C1. The van der Waals surface area contributed by atoms with Crippen LogP contribution in [-0.2, 0) is 17.8 Å². The third-order valence-corrected chi connectivity index (χ3v) is 5.02. The van der Waals surface area contributed by atoms with Gasteiger partial charge in [-0.1, -0.05) is 49.7 Å². The van der Waals surface area contributed by atoms with E-state index < -0.39 is 6.04 Å². The monoisotopic (exact) mass is 370 g/mol. The maximum absolute atomic E-state index is 13.1. The van der Waals surface area contributed by atoms with E-state index in [0.29, 0.717) is 23.7 Å². The Morgan fingerprint density at radius 2 is 1.69 bits per heavy atom. The van der Waals surface area contributed by atoms with Crippen molar-refractivity contribution < 1.29 is 9.59 Å². The highest BCUT2D eigenvalue weighted by Crippen LogP contribution is 2.20. The summed E-state index contributed by atoms with van der Waals surface area (Å²) in [5, 5.41) is 3.47.